The molecule has 2 atom stereocenters. The Balaban J connectivity index is 1.66. The summed E-state index contributed by atoms with van der Waals surface area (Å²) >= 11 is 0. The molecule has 2 heterocycles. The molecule has 2 unspecified atom stereocenters. The Morgan fingerprint density at radius 1 is 1.50 bits per heavy atom. The van der Waals surface area contributed by atoms with E-state index in [2.05, 4.69) is 16.2 Å². The van der Waals surface area contributed by atoms with Crippen LogP contribution in [0.25, 0.3) is 0 Å². The highest BCUT2D eigenvalue weighted by Crippen LogP contribution is 2.25. The summed E-state index contributed by atoms with van der Waals surface area (Å²) in [5.41, 5.74) is 0.417. The van der Waals surface area contributed by atoms with Crippen LogP contribution in [-0.4, -0.2) is 40.1 Å². The first-order chi connectivity index (χ1) is 11.7. The molecule has 3 rings (SSSR count). The first kappa shape index (κ1) is 16.0. The van der Waals surface area contributed by atoms with Gasteiger partial charge in [-0.1, -0.05) is 17.3 Å². The van der Waals surface area contributed by atoms with E-state index < -0.39 is 6.10 Å². The summed E-state index contributed by atoms with van der Waals surface area (Å²) in [6.45, 7) is 2.93. The number of ether oxygens (including phenoxy) is 1. The van der Waals surface area contributed by atoms with E-state index in [1.54, 1.807) is 36.1 Å². The van der Waals surface area contributed by atoms with Crippen molar-refractivity contribution in [3.05, 3.63) is 42.0 Å². The summed E-state index contributed by atoms with van der Waals surface area (Å²) < 4.78 is 10.5. The molecule has 24 heavy (non-hydrogen) atoms. The second kappa shape index (κ2) is 7.13. The molecule has 0 saturated carbocycles. The van der Waals surface area contributed by atoms with E-state index in [0.29, 0.717) is 30.2 Å². The van der Waals surface area contributed by atoms with Crippen molar-refractivity contribution in [2.45, 2.75) is 31.8 Å². The highest BCUT2D eigenvalue weighted by Gasteiger charge is 2.30. The predicted octanol–water partition coefficient (Wildman–Crippen LogP) is 2.11. The van der Waals surface area contributed by atoms with Gasteiger partial charge in [0.15, 0.2) is 11.9 Å². The molecule has 124 valence electrons. The van der Waals surface area contributed by atoms with Crippen molar-refractivity contribution in [2.24, 2.45) is 0 Å². The Morgan fingerprint density at radius 3 is 3.08 bits per heavy atom. The molecule has 2 aromatic rings. The van der Waals surface area contributed by atoms with Gasteiger partial charge < -0.3 is 14.2 Å². The Morgan fingerprint density at radius 2 is 2.33 bits per heavy atom. The monoisotopic (exact) mass is 326 g/mol. The average molecular weight is 326 g/mol. The predicted molar refractivity (Wildman–Crippen MR) is 84.1 cm³/mol. The maximum atomic E-state index is 12.7. The van der Waals surface area contributed by atoms with Crippen LogP contribution < -0.4 is 4.74 Å². The molecule has 1 fully saturated rings. The lowest BCUT2D eigenvalue weighted by molar-refractivity contribution is -0.139. The van der Waals surface area contributed by atoms with Gasteiger partial charge in [-0.15, -0.1) is 0 Å². The average Bonchev–Trinajstić information content (AvgIpc) is 3.16. The largest absolute Gasteiger partial charge is 0.480 e. The summed E-state index contributed by atoms with van der Waals surface area (Å²) in [5.74, 6) is 1.04. The van der Waals surface area contributed by atoms with Crippen LogP contribution in [0.15, 0.2) is 35.2 Å². The van der Waals surface area contributed by atoms with Crippen molar-refractivity contribution in [1.29, 1.82) is 5.26 Å². The molecular weight excluding hydrogens is 308 g/mol. The fourth-order valence-electron chi connectivity index (χ4n) is 2.91. The lowest BCUT2D eigenvalue weighted by Crippen LogP contribution is -2.45. The molecule has 0 N–H and O–H groups in total. The first-order valence-corrected chi connectivity index (χ1v) is 7.90. The molecule has 1 aromatic carbocycles. The number of hydrogen-bond donors (Lipinski definition) is 0. The van der Waals surface area contributed by atoms with E-state index in [4.69, 9.17) is 14.5 Å². The molecule has 7 nitrogen and oxygen atoms in total. The van der Waals surface area contributed by atoms with Gasteiger partial charge in [-0.3, -0.25) is 4.79 Å². The molecule has 0 spiro atoms. The second-order valence-corrected chi connectivity index (χ2v) is 5.78. The van der Waals surface area contributed by atoms with E-state index >= 15 is 0 Å². The molecule has 0 aliphatic carbocycles. The summed E-state index contributed by atoms with van der Waals surface area (Å²) in [4.78, 5) is 18.5. The summed E-state index contributed by atoms with van der Waals surface area (Å²) in [6.07, 6.45) is 2.45. The molecule has 1 aliphatic heterocycles. The number of likely N-dealkylation sites (tertiary alicyclic amines) is 1. The van der Waals surface area contributed by atoms with Crippen LogP contribution in [0.5, 0.6) is 5.75 Å². The number of para-hydroxylation sites is 1. The van der Waals surface area contributed by atoms with Gasteiger partial charge in [-0.25, -0.2) is 0 Å². The normalized spacial score (nSPS) is 18.7. The SMILES string of the molecule is CC(Oc1ccccc1C#N)C(=O)N1CCCC(c2ncon2)C1. The molecule has 1 saturated heterocycles. The van der Waals surface area contributed by atoms with Crippen LogP contribution in [0, 0.1) is 11.3 Å². The number of nitrogens with zero attached hydrogens (tertiary/aromatic N) is 4. The van der Waals surface area contributed by atoms with Gasteiger partial charge in [0, 0.05) is 19.0 Å². The fourth-order valence-corrected chi connectivity index (χ4v) is 2.91. The highest BCUT2D eigenvalue weighted by molar-refractivity contribution is 5.81. The van der Waals surface area contributed by atoms with E-state index in [1.807, 2.05) is 0 Å². The first-order valence-electron chi connectivity index (χ1n) is 7.90. The minimum atomic E-state index is -0.663. The Kier molecular flexibility index (Phi) is 4.75. The van der Waals surface area contributed by atoms with Crippen LogP contribution in [0.4, 0.5) is 0 Å². The Labute approximate surface area is 139 Å². The van der Waals surface area contributed by atoms with Gasteiger partial charge in [0.2, 0.25) is 6.39 Å². The van der Waals surface area contributed by atoms with E-state index in [0.717, 1.165) is 12.8 Å². The molecule has 0 bridgehead atoms. The number of rotatable bonds is 4. The Bertz CT molecular complexity index is 739. The molecular formula is C17H18N4O3. The number of aromatic nitrogens is 2. The van der Waals surface area contributed by atoms with Crippen molar-refractivity contribution in [3.8, 4) is 11.8 Å². The van der Waals surface area contributed by atoms with Gasteiger partial charge in [0.05, 0.1) is 5.56 Å². The Hall–Kier alpha value is -2.88. The minimum Gasteiger partial charge on any atom is -0.480 e. The summed E-state index contributed by atoms with van der Waals surface area (Å²) in [6, 6.07) is 8.97. The lowest BCUT2D eigenvalue weighted by Gasteiger charge is -2.33. The van der Waals surface area contributed by atoms with E-state index in [9.17, 15) is 4.79 Å². The number of carbonyl (C=O) groups excluding carboxylic acids is 1. The van der Waals surface area contributed by atoms with Crippen molar-refractivity contribution < 1.29 is 14.1 Å². The zero-order valence-electron chi connectivity index (χ0n) is 13.4. The van der Waals surface area contributed by atoms with Gasteiger partial charge in [0.1, 0.15) is 11.8 Å². The summed E-state index contributed by atoms with van der Waals surface area (Å²) in [5, 5.41) is 13.0. The van der Waals surface area contributed by atoms with Crippen LogP contribution in [-0.2, 0) is 4.79 Å². The quantitative estimate of drug-likeness (QED) is 0.854. The second-order valence-electron chi connectivity index (χ2n) is 5.78. The fraction of sp³-hybridized carbons (Fsp3) is 0.412. The maximum Gasteiger partial charge on any atom is 0.263 e. The van der Waals surface area contributed by atoms with Crippen LogP contribution in [0.1, 0.15) is 37.1 Å². The van der Waals surface area contributed by atoms with E-state index in [-0.39, 0.29) is 11.8 Å². The highest BCUT2D eigenvalue weighted by atomic mass is 16.5. The van der Waals surface area contributed by atoms with Crippen LogP contribution >= 0.6 is 0 Å². The number of hydrogen-bond acceptors (Lipinski definition) is 6. The summed E-state index contributed by atoms with van der Waals surface area (Å²) in [7, 11) is 0. The maximum absolute atomic E-state index is 12.7. The van der Waals surface area contributed by atoms with Crippen molar-refractivity contribution in [2.75, 3.05) is 13.1 Å². The van der Waals surface area contributed by atoms with Crippen LogP contribution in [0.3, 0.4) is 0 Å². The third-order valence-electron chi connectivity index (χ3n) is 4.14. The van der Waals surface area contributed by atoms with Gasteiger partial charge >= 0.3 is 0 Å². The van der Waals surface area contributed by atoms with E-state index in [1.165, 1.54) is 6.39 Å². The van der Waals surface area contributed by atoms with Gasteiger partial charge in [-0.05, 0) is 31.9 Å². The van der Waals surface area contributed by atoms with Crippen molar-refractivity contribution >= 4 is 5.91 Å². The van der Waals surface area contributed by atoms with Crippen molar-refractivity contribution in [1.82, 2.24) is 15.0 Å². The van der Waals surface area contributed by atoms with Gasteiger partial charge in [-0.2, -0.15) is 10.2 Å². The van der Waals surface area contributed by atoms with Crippen molar-refractivity contribution in [3.63, 3.8) is 0 Å². The molecule has 0 radical (unpaired) electrons. The number of amides is 1. The molecule has 1 aliphatic rings. The lowest BCUT2D eigenvalue weighted by atomic mass is 9.97. The number of benzene rings is 1. The molecule has 7 heteroatoms. The number of nitriles is 1. The number of carbonyl (C=O) groups is 1. The van der Waals surface area contributed by atoms with Crippen LogP contribution in [0.2, 0.25) is 0 Å². The zero-order chi connectivity index (χ0) is 16.9. The zero-order valence-corrected chi connectivity index (χ0v) is 13.4. The van der Waals surface area contributed by atoms with Gasteiger partial charge in [0.25, 0.3) is 5.91 Å². The molecule has 1 aromatic heterocycles. The third kappa shape index (κ3) is 3.38. The third-order valence-corrected chi connectivity index (χ3v) is 4.14. The standard InChI is InChI=1S/C17H18N4O3/c1-12(24-15-7-3-2-5-13(15)9-18)17(22)21-8-4-6-14(10-21)16-19-11-23-20-16/h2-3,5,7,11-12,14H,4,6,8,10H2,1H3. The minimum absolute atomic E-state index is 0.0834. The smallest absolute Gasteiger partial charge is 0.263 e. The molecule has 1 amide bonds. The number of piperidine rings is 1. The topological polar surface area (TPSA) is 92.2 Å².